The molecule has 1 atom stereocenters. The number of aromatic nitrogens is 2. The molecule has 5 nitrogen and oxygen atoms in total. The lowest BCUT2D eigenvalue weighted by Crippen LogP contribution is -2.35. The molecular weight excluding hydrogens is 400 g/mol. The zero-order chi connectivity index (χ0) is 19.8. The van der Waals surface area contributed by atoms with Crippen LogP contribution in [0, 0.1) is 6.92 Å². The van der Waals surface area contributed by atoms with E-state index in [9.17, 15) is 4.79 Å². The van der Waals surface area contributed by atoms with Crippen molar-refractivity contribution in [1.82, 2.24) is 15.3 Å². The van der Waals surface area contributed by atoms with Crippen LogP contribution in [-0.4, -0.2) is 35.0 Å². The van der Waals surface area contributed by atoms with Crippen molar-refractivity contribution < 1.29 is 4.79 Å². The molecule has 29 heavy (non-hydrogen) atoms. The third-order valence-electron chi connectivity index (χ3n) is 6.00. The van der Waals surface area contributed by atoms with Crippen molar-refractivity contribution in [2.45, 2.75) is 57.9 Å². The maximum atomic E-state index is 12.8. The second-order valence-corrected chi connectivity index (χ2v) is 9.96. The van der Waals surface area contributed by atoms with Gasteiger partial charge in [0.2, 0.25) is 0 Å². The lowest BCUT2D eigenvalue weighted by atomic mass is 9.97. The molecule has 0 saturated carbocycles. The number of nitrogens with zero attached hydrogens (tertiary/aromatic N) is 3. The van der Waals surface area contributed by atoms with Gasteiger partial charge in [0, 0.05) is 24.5 Å². The Kier molecular flexibility index (Phi) is 5.26. The van der Waals surface area contributed by atoms with Gasteiger partial charge in [-0.1, -0.05) is 17.7 Å². The van der Waals surface area contributed by atoms with Crippen molar-refractivity contribution in [2.75, 3.05) is 18.0 Å². The van der Waals surface area contributed by atoms with Crippen LogP contribution >= 0.6 is 22.7 Å². The molecule has 2 aliphatic carbocycles. The molecule has 5 rings (SSSR count). The van der Waals surface area contributed by atoms with Crippen LogP contribution in [0.2, 0.25) is 0 Å². The molecule has 152 valence electrons. The van der Waals surface area contributed by atoms with E-state index in [4.69, 9.17) is 4.98 Å². The summed E-state index contributed by atoms with van der Waals surface area (Å²) in [6, 6.07) is 0.240. The second-order valence-electron chi connectivity index (χ2n) is 8.13. The molecule has 0 spiro atoms. The number of anilines is 1. The standard InChI is InChI=1S/C22H26N4OS2/c1-14-13-28-22(23-14)26-11-10-15-6-5-9-18-19(17(15)12-26)29-21(25-18)20(27)24-16-7-3-2-4-8-16/h2-3,13,16H,4-12H2,1H3,(H,24,27). The topological polar surface area (TPSA) is 58.1 Å². The number of hydrogen-bond acceptors (Lipinski definition) is 6. The summed E-state index contributed by atoms with van der Waals surface area (Å²) < 4.78 is 0. The van der Waals surface area contributed by atoms with Crippen LogP contribution in [-0.2, 0) is 6.42 Å². The molecular formula is C22H26N4OS2. The number of nitrogens with one attached hydrogen (secondary N) is 1. The first kappa shape index (κ1) is 19.0. The van der Waals surface area contributed by atoms with Crippen LogP contribution in [0.25, 0.3) is 5.57 Å². The van der Waals surface area contributed by atoms with Gasteiger partial charge < -0.3 is 10.2 Å². The molecule has 1 N–H and O–H groups in total. The molecule has 0 radical (unpaired) electrons. The third-order valence-corrected chi connectivity index (χ3v) is 8.17. The minimum Gasteiger partial charge on any atom is -0.347 e. The highest BCUT2D eigenvalue weighted by Gasteiger charge is 2.29. The van der Waals surface area contributed by atoms with E-state index in [-0.39, 0.29) is 11.9 Å². The number of hydrogen-bond donors (Lipinski definition) is 1. The van der Waals surface area contributed by atoms with Crippen molar-refractivity contribution in [3.63, 3.8) is 0 Å². The third kappa shape index (κ3) is 3.90. The van der Waals surface area contributed by atoms with Crippen molar-refractivity contribution in [2.24, 2.45) is 0 Å². The monoisotopic (exact) mass is 426 g/mol. The summed E-state index contributed by atoms with van der Waals surface area (Å²) in [6.07, 6.45) is 11.7. The van der Waals surface area contributed by atoms with E-state index in [0.29, 0.717) is 5.01 Å². The van der Waals surface area contributed by atoms with Gasteiger partial charge in [-0.25, -0.2) is 9.97 Å². The number of carbonyl (C=O) groups excluding carboxylic acids is 1. The van der Waals surface area contributed by atoms with Crippen LogP contribution in [0.3, 0.4) is 0 Å². The zero-order valence-electron chi connectivity index (χ0n) is 16.7. The lowest BCUT2D eigenvalue weighted by molar-refractivity contribution is 0.0934. The first-order valence-electron chi connectivity index (χ1n) is 10.5. The Morgan fingerprint density at radius 2 is 2.17 bits per heavy atom. The molecule has 7 heteroatoms. The first-order chi connectivity index (χ1) is 14.2. The molecule has 1 aliphatic heterocycles. The Balaban J connectivity index is 1.40. The fourth-order valence-electron chi connectivity index (χ4n) is 4.46. The highest BCUT2D eigenvalue weighted by atomic mass is 32.1. The van der Waals surface area contributed by atoms with Gasteiger partial charge in [0.15, 0.2) is 10.1 Å². The van der Waals surface area contributed by atoms with E-state index in [0.717, 1.165) is 74.6 Å². The number of aryl methyl sites for hydroxylation is 2. The average molecular weight is 427 g/mol. The van der Waals surface area contributed by atoms with Crippen molar-refractivity contribution in [1.29, 1.82) is 0 Å². The van der Waals surface area contributed by atoms with E-state index in [1.165, 1.54) is 10.5 Å². The van der Waals surface area contributed by atoms with Gasteiger partial charge in [0.25, 0.3) is 5.91 Å². The number of allylic oxidation sites excluding steroid dienone is 1. The molecule has 0 fully saturated rings. The predicted octanol–water partition coefficient (Wildman–Crippen LogP) is 4.75. The summed E-state index contributed by atoms with van der Waals surface area (Å²) in [7, 11) is 0. The number of thiazole rings is 2. The van der Waals surface area contributed by atoms with Crippen molar-refractivity contribution >= 4 is 39.3 Å². The molecule has 0 saturated heterocycles. The molecule has 0 bridgehead atoms. The molecule has 2 aromatic rings. The highest BCUT2D eigenvalue weighted by molar-refractivity contribution is 7.15. The van der Waals surface area contributed by atoms with E-state index in [1.807, 2.05) is 0 Å². The largest absolute Gasteiger partial charge is 0.347 e. The molecule has 2 aromatic heterocycles. The Morgan fingerprint density at radius 3 is 2.97 bits per heavy atom. The van der Waals surface area contributed by atoms with Crippen LogP contribution in [0.15, 0.2) is 23.1 Å². The summed E-state index contributed by atoms with van der Waals surface area (Å²) in [5.41, 5.74) is 5.15. The number of fused-ring (bicyclic) bond motifs is 2. The molecule has 1 amide bonds. The molecule has 3 aliphatic rings. The SMILES string of the molecule is Cc1csc(N2CCC3=C(C2)c2sc(C(=O)NC4CC=CCC4)nc2CCC3)n1. The summed E-state index contributed by atoms with van der Waals surface area (Å²) in [4.78, 5) is 26.0. The molecule has 3 heterocycles. The summed E-state index contributed by atoms with van der Waals surface area (Å²) in [5.74, 6) is -0.00580. The Hall–Kier alpha value is -1.99. The van der Waals surface area contributed by atoms with Gasteiger partial charge >= 0.3 is 0 Å². The summed E-state index contributed by atoms with van der Waals surface area (Å²) >= 11 is 3.31. The van der Waals surface area contributed by atoms with E-state index in [1.54, 1.807) is 28.2 Å². The summed E-state index contributed by atoms with van der Waals surface area (Å²) in [6.45, 7) is 3.96. The van der Waals surface area contributed by atoms with Gasteiger partial charge in [-0.2, -0.15) is 0 Å². The van der Waals surface area contributed by atoms with Gasteiger partial charge in [-0.05, 0) is 57.4 Å². The van der Waals surface area contributed by atoms with E-state index >= 15 is 0 Å². The Labute approximate surface area is 179 Å². The van der Waals surface area contributed by atoms with Gasteiger partial charge in [0.05, 0.1) is 16.3 Å². The van der Waals surface area contributed by atoms with Gasteiger partial charge in [-0.15, -0.1) is 22.7 Å². The maximum absolute atomic E-state index is 12.8. The highest BCUT2D eigenvalue weighted by Crippen LogP contribution is 2.39. The van der Waals surface area contributed by atoms with Gasteiger partial charge in [0.1, 0.15) is 0 Å². The fraction of sp³-hybridized carbons (Fsp3) is 0.500. The van der Waals surface area contributed by atoms with Crippen LogP contribution < -0.4 is 10.2 Å². The number of carbonyl (C=O) groups is 1. The quantitative estimate of drug-likeness (QED) is 0.720. The fourth-order valence-corrected chi connectivity index (χ4v) is 6.38. The van der Waals surface area contributed by atoms with E-state index < -0.39 is 0 Å². The van der Waals surface area contributed by atoms with Crippen LogP contribution in [0.1, 0.15) is 64.6 Å². The second kappa shape index (κ2) is 8.03. The molecule has 1 unspecified atom stereocenters. The average Bonchev–Trinajstić information content (AvgIpc) is 3.32. The van der Waals surface area contributed by atoms with Crippen LogP contribution in [0.4, 0.5) is 5.13 Å². The maximum Gasteiger partial charge on any atom is 0.280 e. The van der Waals surface area contributed by atoms with Crippen molar-refractivity contribution in [3.05, 3.63) is 44.4 Å². The number of amides is 1. The minimum atomic E-state index is -0.00580. The Bertz CT molecular complexity index is 987. The molecule has 0 aromatic carbocycles. The Morgan fingerprint density at radius 1 is 1.24 bits per heavy atom. The minimum absolute atomic E-state index is 0.00580. The van der Waals surface area contributed by atoms with Crippen LogP contribution in [0.5, 0.6) is 0 Å². The first-order valence-corrected chi connectivity index (χ1v) is 12.2. The smallest absolute Gasteiger partial charge is 0.280 e. The zero-order valence-corrected chi connectivity index (χ0v) is 18.4. The normalized spacial score (nSPS) is 21.6. The predicted molar refractivity (Wildman–Crippen MR) is 120 cm³/mol. The van der Waals surface area contributed by atoms with E-state index in [2.05, 4.69) is 39.7 Å². The lowest BCUT2D eigenvalue weighted by Gasteiger charge is -2.30. The van der Waals surface area contributed by atoms with Crippen molar-refractivity contribution in [3.8, 4) is 0 Å². The number of rotatable bonds is 3. The van der Waals surface area contributed by atoms with Gasteiger partial charge in [-0.3, -0.25) is 4.79 Å². The summed E-state index contributed by atoms with van der Waals surface area (Å²) in [5, 5.41) is 7.04.